The monoisotopic (exact) mass is 257 g/mol. The van der Waals surface area contributed by atoms with Crippen LogP contribution in [0.2, 0.25) is 5.02 Å². The number of carbonyl (C=O) groups is 1. The molecule has 1 unspecified atom stereocenters. The SMILES string of the molecule is CC(=O)CC(C)Oc1cc([N+](=O)[O-])ccc1Cl. The summed E-state index contributed by atoms with van der Waals surface area (Å²) in [6, 6.07) is 3.94. The van der Waals surface area contributed by atoms with Gasteiger partial charge in [-0.2, -0.15) is 0 Å². The molecule has 0 amide bonds. The lowest BCUT2D eigenvalue weighted by atomic mass is 10.2. The maximum atomic E-state index is 10.9. The molecule has 0 aromatic heterocycles. The summed E-state index contributed by atoms with van der Waals surface area (Å²) >= 11 is 5.85. The maximum absolute atomic E-state index is 10.9. The van der Waals surface area contributed by atoms with Crippen LogP contribution < -0.4 is 4.74 Å². The topological polar surface area (TPSA) is 69.4 Å². The van der Waals surface area contributed by atoms with Crippen LogP contribution in [0.3, 0.4) is 0 Å². The van der Waals surface area contributed by atoms with Gasteiger partial charge in [-0.3, -0.25) is 14.9 Å². The second-order valence-corrected chi connectivity index (χ2v) is 4.11. The van der Waals surface area contributed by atoms with E-state index in [1.54, 1.807) is 6.92 Å². The van der Waals surface area contributed by atoms with E-state index in [0.29, 0.717) is 0 Å². The number of rotatable bonds is 5. The van der Waals surface area contributed by atoms with Crippen molar-refractivity contribution in [1.29, 1.82) is 0 Å². The third kappa shape index (κ3) is 4.03. The Labute approximate surface area is 103 Å². The highest BCUT2D eigenvalue weighted by Gasteiger charge is 2.14. The Balaban J connectivity index is 2.86. The molecule has 0 radical (unpaired) electrons. The van der Waals surface area contributed by atoms with E-state index < -0.39 is 4.92 Å². The predicted octanol–water partition coefficient (Wildman–Crippen LogP) is 2.99. The molecule has 0 spiro atoms. The fourth-order valence-electron chi connectivity index (χ4n) is 1.36. The Morgan fingerprint density at radius 1 is 1.59 bits per heavy atom. The molecule has 17 heavy (non-hydrogen) atoms. The van der Waals surface area contributed by atoms with E-state index in [1.165, 1.54) is 25.1 Å². The van der Waals surface area contributed by atoms with E-state index >= 15 is 0 Å². The number of hydrogen-bond donors (Lipinski definition) is 0. The highest BCUT2D eigenvalue weighted by Crippen LogP contribution is 2.29. The quantitative estimate of drug-likeness (QED) is 0.601. The highest BCUT2D eigenvalue weighted by molar-refractivity contribution is 6.32. The number of nitro benzene ring substituents is 1. The summed E-state index contributed by atoms with van der Waals surface area (Å²) in [6.07, 6.45) is -0.133. The Morgan fingerprint density at radius 3 is 2.76 bits per heavy atom. The lowest BCUT2D eigenvalue weighted by Gasteiger charge is -2.14. The first kappa shape index (κ1) is 13.4. The average molecular weight is 258 g/mol. The fourth-order valence-corrected chi connectivity index (χ4v) is 1.52. The average Bonchev–Trinajstić information content (AvgIpc) is 2.19. The number of hydrogen-bond acceptors (Lipinski definition) is 4. The minimum Gasteiger partial charge on any atom is -0.488 e. The number of ether oxygens (including phenoxy) is 1. The molecule has 92 valence electrons. The fraction of sp³-hybridized carbons (Fsp3) is 0.364. The molecule has 0 aliphatic rings. The minimum absolute atomic E-state index is 0.0148. The van der Waals surface area contributed by atoms with Gasteiger partial charge in [0.15, 0.2) is 0 Å². The molecule has 1 aromatic carbocycles. The Morgan fingerprint density at radius 2 is 2.24 bits per heavy atom. The molecule has 1 rings (SSSR count). The van der Waals surface area contributed by atoms with Gasteiger partial charge in [0.2, 0.25) is 0 Å². The van der Waals surface area contributed by atoms with E-state index in [1.807, 2.05) is 0 Å². The van der Waals surface area contributed by atoms with Crippen LogP contribution >= 0.6 is 11.6 Å². The molecular weight excluding hydrogens is 246 g/mol. The van der Waals surface area contributed by atoms with Gasteiger partial charge in [0, 0.05) is 12.5 Å². The number of non-ortho nitro benzene ring substituents is 1. The van der Waals surface area contributed by atoms with E-state index in [0.717, 1.165) is 0 Å². The molecule has 0 aliphatic heterocycles. The molecule has 0 saturated heterocycles. The van der Waals surface area contributed by atoms with Crippen LogP contribution in [-0.4, -0.2) is 16.8 Å². The molecule has 0 saturated carbocycles. The van der Waals surface area contributed by atoms with Crippen LogP contribution in [0.5, 0.6) is 5.75 Å². The van der Waals surface area contributed by atoms with E-state index in [9.17, 15) is 14.9 Å². The first-order chi connectivity index (χ1) is 7.90. The Kier molecular flexibility index (Phi) is 4.45. The smallest absolute Gasteiger partial charge is 0.273 e. The molecular formula is C11H12ClNO4. The lowest BCUT2D eigenvalue weighted by molar-refractivity contribution is -0.384. The Hall–Kier alpha value is -1.62. The van der Waals surface area contributed by atoms with Crippen LogP contribution in [0.4, 0.5) is 5.69 Å². The van der Waals surface area contributed by atoms with Crippen LogP contribution in [0, 0.1) is 10.1 Å². The standard InChI is InChI=1S/C11H12ClNO4/c1-7(14)5-8(2)17-11-6-9(13(15)16)3-4-10(11)12/h3-4,6,8H,5H2,1-2H3. The number of carbonyl (C=O) groups excluding carboxylic acids is 1. The van der Waals surface area contributed by atoms with Crippen molar-refractivity contribution in [2.45, 2.75) is 26.4 Å². The number of ketones is 1. The third-order valence-corrected chi connectivity index (χ3v) is 2.34. The summed E-state index contributed by atoms with van der Waals surface area (Å²) in [4.78, 5) is 20.9. The van der Waals surface area contributed by atoms with Crippen molar-refractivity contribution in [2.24, 2.45) is 0 Å². The summed E-state index contributed by atoms with van der Waals surface area (Å²) < 4.78 is 5.39. The second kappa shape index (κ2) is 5.63. The van der Waals surface area contributed by atoms with Crippen molar-refractivity contribution < 1.29 is 14.5 Å². The van der Waals surface area contributed by atoms with Crippen LogP contribution in [0.1, 0.15) is 20.3 Å². The molecule has 5 nitrogen and oxygen atoms in total. The lowest BCUT2D eigenvalue weighted by Crippen LogP contribution is -2.15. The van der Waals surface area contributed by atoms with Crippen LogP contribution in [0.15, 0.2) is 18.2 Å². The van der Waals surface area contributed by atoms with E-state index in [2.05, 4.69) is 0 Å². The minimum atomic E-state index is -0.529. The molecule has 0 N–H and O–H groups in total. The summed E-state index contributed by atoms with van der Waals surface area (Å²) in [5.41, 5.74) is -0.0978. The number of nitrogens with zero attached hydrogens (tertiary/aromatic N) is 1. The molecule has 0 bridgehead atoms. The van der Waals surface area contributed by atoms with Gasteiger partial charge >= 0.3 is 0 Å². The van der Waals surface area contributed by atoms with Crippen LogP contribution in [0.25, 0.3) is 0 Å². The van der Waals surface area contributed by atoms with Crippen molar-refractivity contribution in [3.05, 3.63) is 33.3 Å². The van der Waals surface area contributed by atoms with Crippen molar-refractivity contribution in [3.8, 4) is 5.75 Å². The zero-order valence-electron chi connectivity index (χ0n) is 9.47. The largest absolute Gasteiger partial charge is 0.488 e. The normalized spacial score (nSPS) is 11.9. The molecule has 6 heteroatoms. The van der Waals surface area contributed by atoms with Gasteiger partial charge in [0.1, 0.15) is 17.6 Å². The van der Waals surface area contributed by atoms with E-state index in [-0.39, 0.29) is 34.8 Å². The number of benzene rings is 1. The van der Waals surface area contributed by atoms with Crippen molar-refractivity contribution in [3.63, 3.8) is 0 Å². The van der Waals surface area contributed by atoms with Crippen LogP contribution in [-0.2, 0) is 4.79 Å². The van der Waals surface area contributed by atoms with Gasteiger partial charge in [-0.15, -0.1) is 0 Å². The molecule has 1 aromatic rings. The van der Waals surface area contributed by atoms with Gasteiger partial charge in [0.25, 0.3) is 5.69 Å². The zero-order valence-corrected chi connectivity index (χ0v) is 10.2. The maximum Gasteiger partial charge on any atom is 0.273 e. The Bertz CT molecular complexity index is 447. The van der Waals surface area contributed by atoms with Gasteiger partial charge in [-0.05, 0) is 19.9 Å². The summed E-state index contributed by atoms with van der Waals surface area (Å²) in [6.45, 7) is 3.16. The van der Waals surface area contributed by atoms with Gasteiger partial charge < -0.3 is 4.74 Å². The third-order valence-electron chi connectivity index (χ3n) is 2.03. The van der Waals surface area contributed by atoms with Gasteiger partial charge in [-0.25, -0.2) is 0 Å². The van der Waals surface area contributed by atoms with E-state index in [4.69, 9.17) is 16.3 Å². The van der Waals surface area contributed by atoms with Crippen molar-refractivity contribution >= 4 is 23.1 Å². The molecule has 0 heterocycles. The number of halogens is 1. The number of Topliss-reactive ketones (excluding diaryl/α,β-unsaturated/α-hetero) is 1. The second-order valence-electron chi connectivity index (χ2n) is 3.71. The van der Waals surface area contributed by atoms with Crippen molar-refractivity contribution in [2.75, 3.05) is 0 Å². The molecule has 0 aliphatic carbocycles. The first-order valence-corrected chi connectivity index (χ1v) is 5.38. The molecule has 1 atom stereocenters. The van der Waals surface area contributed by atoms with Gasteiger partial charge in [0.05, 0.1) is 16.0 Å². The number of nitro groups is 1. The predicted molar refractivity (Wildman–Crippen MR) is 63.5 cm³/mol. The zero-order chi connectivity index (χ0) is 13.0. The summed E-state index contributed by atoms with van der Waals surface area (Å²) in [7, 11) is 0. The highest BCUT2D eigenvalue weighted by atomic mass is 35.5. The van der Waals surface area contributed by atoms with Gasteiger partial charge in [-0.1, -0.05) is 11.6 Å². The summed E-state index contributed by atoms with van der Waals surface area (Å²) in [5.74, 6) is 0.202. The first-order valence-electron chi connectivity index (χ1n) is 5.00. The van der Waals surface area contributed by atoms with Crippen molar-refractivity contribution in [1.82, 2.24) is 0 Å². The molecule has 0 fully saturated rings. The summed E-state index contributed by atoms with van der Waals surface area (Å²) in [5, 5.41) is 10.9.